The number of carbonyl (C=O) groups is 1. The molecule has 0 amide bonds. The molecule has 0 N–H and O–H groups in total. The molecule has 2 nitrogen and oxygen atoms in total. The molecule has 3 heteroatoms. The summed E-state index contributed by atoms with van der Waals surface area (Å²) in [5.74, 6) is 6.53. The van der Waals surface area contributed by atoms with E-state index >= 15 is 0 Å². The van der Waals surface area contributed by atoms with Crippen LogP contribution in [0.4, 0.5) is 4.39 Å². The van der Waals surface area contributed by atoms with E-state index < -0.39 is 5.60 Å². The number of rotatable bonds is 8. The van der Waals surface area contributed by atoms with Crippen LogP contribution in [0.3, 0.4) is 0 Å². The first-order valence-electron chi connectivity index (χ1n) is 11.1. The average molecular weight is 413 g/mol. The lowest BCUT2D eigenvalue weighted by Crippen LogP contribution is -2.24. The second kappa shape index (κ2) is 9.82. The van der Waals surface area contributed by atoms with Gasteiger partial charge >= 0.3 is 5.97 Å². The van der Waals surface area contributed by atoms with Crippen molar-refractivity contribution in [1.82, 2.24) is 0 Å². The monoisotopic (exact) mass is 412 g/mol. The highest BCUT2D eigenvalue weighted by molar-refractivity contribution is 5.87. The number of benzene rings is 1. The van der Waals surface area contributed by atoms with Gasteiger partial charge in [-0.3, -0.25) is 0 Å². The van der Waals surface area contributed by atoms with Crippen LogP contribution >= 0.6 is 0 Å². The highest BCUT2D eigenvalue weighted by Gasteiger charge is 2.35. The SMILES string of the molecule is C=C(CCCC(C)C(C)Cc1cccc(C#CC2(C)CC2)c1F)C(=O)OC(C)(C)C. The van der Waals surface area contributed by atoms with Gasteiger partial charge in [-0.05, 0) is 83.3 Å². The van der Waals surface area contributed by atoms with E-state index in [1.165, 1.54) is 0 Å². The Labute approximate surface area is 182 Å². The Kier molecular flexibility index (Phi) is 7.92. The summed E-state index contributed by atoms with van der Waals surface area (Å²) in [7, 11) is 0. The molecule has 0 aromatic heterocycles. The fourth-order valence-corrected chi connectivity index (χ4v) is 3.29. The standard InChI is InChI=1S/C27H37FO2/c1-19(10-8-11-20(2)25(29)30-26(4,5)6)21(3)18-23-13-9-12-22(24(23)28)14-15-27(7)16-17-27/h9,12-13,19,21H,2,8,10-11,16-18H2,1,3-7H3. The van der Waals surface area contributed by atoms with Crippen LogP contribution in [0.15, 0.2) is 30.4 Å². The van der Waals surface area contributed by atoms with Crippen LogP contribution in [0, 0.1) is 34.9 Å². The van der Waals surface area contributed by atoms with Crippen molar-refractivity contribution in [3.8, 4) is 11.8 Å². The van der Waals surface area contributed by atoms with Gasteiger partial charge in [0.05, 0.1) is 5.56 Å². The Morgan fingerprint density at radius 1 is 1.27 bits per heavy atom. The molecule has 1 fully saturated rings. The minimum Gasteiger partial charge on any atom is -0.457 e. The number of hydrogen-bond donors (Lipinski definition) is 0. The van der Waals surface area contributed by atoms with Gasteiger partial charge in [0, 0.05) is 11.0 Å². The third kappa shape index (κ3) is 7.63. The molecule has 0 bridgehead atoms. The molecule has 2 unspecified atom stereocenters. The molecule has 0 radical (unpaired) electrons. The lowest BCUT2D eigenvalue weighted by atomic mass is 9.85. The van der Waals surface area contributed by atoms with Gasteiger partial charge in [-0.25, -0.2) is 9.18 Å². The molecular weight excluding hydrogens is 375 g/mol. The highest BCUT2D eigenvalue weighted by atomic mass is 19.1. The molecule has 1 aliphatic carbocycles. The summed E-state index contributed by atoms with van der Waals surface area (Å²) in [4.78, 5) is 12.0. The third-order valence-electron chi connectivity index (χ3n) is 5.92. The number of esters is 1. The van der Waals surface area contributed by atoms with Crippen LogP contribution in [0.2, 0.25) is 0 Å². The summed E-state index contributed by atoms with van der Waals surface area (Å²) < 4.78 is 20.3. The van der Waals surface area contributed by atoms with Crippen LogP contribution in [-0.4, -0.2) is 11.6 Å². The normalized spacial score (nSPS) is 16.8. The van der Waals surface area contributed by atoms with E-state index in [1.54, 1.807) is 6.07 Å². The van der Waals surface area contributed by atoms with Gasteiger partial charge < -0.3 is 4.74 Å². The molecule has 0 saturated heterocycles. The minimum absolute atomic E-state index is 0.0908. The number of hydrogen-bond acceptors (Lipinski definition) is 2. The zero-order valence-electron chi connectivity index (χ0n) is 19.5. The van der Waals surface area contributed by atoms with E-state index in [-0.39, 0.29) is 17.2 Å². The molecule has 0 spiro atoms. The Morgan fingerprint density at radius 3 is 2.53 bits per heavy atom. The summed E-state index contributed by atoms with van der Waals surface area (Å²) in [6.07, 6.45) is 5.36. The first kappa shape index (κ1) is 24.2. The first-order valence-corrected chi connectivity index (χ1v) is 11.1. The van der Waals surface area contributed by atoms with Crippen LogP contribution in [0.5, 0.6) is 0 Å². The molecule has 1 aromatic carbocycles. The third-order valence-corrected chi connectivity index (χ3v) is 5.92. The van der Waals surface area contributed by atoms with Crippen molar-refractivity contribution in [1.29, 1.82) is 0 Å². The van der Waals surface area contributed by atoms with E-state index in [1.807, 2.05) is 32.9 Å². The zero-order valence-corrected chi connectivity index (χ0v) is 19.5. The Hall–Kier alpha value is -2.08. The summed E-state index contributed by atoms with van der Waals surface area (Å²) in [5.41, 5.74) is 1.36. The quantitative estimate of drug-likeness (QED) is 0.265. The number of halogens is 1. The van der Waals surface area contributed by atoms with E-state index in [0.717, 1.165) is 31.2 Å². The van der Waals surface area contributed by atoms with Crippen molar-refractivity contribution in [3.05, 3.63) is 47.3 Å². The maximum Gasteiger partial charge on any atom is 0.333 e. The van der Waals surface area contributed by atoms with Gasteiger partial charge in [0.1, 0.15) is 11.4 Å². The second-order valence-electron chi connectivity index (χ2n) is 10.2. The predicted octanol–water partition coefficient (Wildman–Crippen LogP) is 6.86. The summed E-state index contributed by atoms with van der Waals surface area (Å²) in [5, 5.41) is 0. The molecule has 2 rings (SSSR count). The molecule has 1 saturated carbocycles. The molecule has 164 valence electrons. The van der Waals surface area contributed by atoms with E-state index in [9.17, 15) is 9.18 Å². The van der Waals surface area contributed by atoms with E-state index in [4.69, 9.17) is 4.74 Å². The second-order valence-corrected chi connectivity index (χ2v) is 10.2. The van der Waals surface area contributed by atoms with Gasteiger partial charge in [0.25, 0.3) is 0 Å². The van der Waals surface area contributed by atoms with Gasteiger partial charge in [-0.15, -0.1) is 0 Å². The van der Waals surface area contributed by atoms with Crippen molar-refractivity contribution >= 4 is 5.97 Å². The van der Waals surface area contributed by atoms with Gasteiger partial charge in [-0.2, -0.15) is 0 Å². The Morgan fingerprint density at radius 2 is 1.93 bits per heavy atom. The predicted molar refractivity (Wildman–Crippen MR) is 121 cm³/mol. The topological polar surface area (TPSA) is 26.3 Å². The largest absolute Gasteiger partial charge is 0.457 e. The van der Waals surface area contributed by atoms with E-state index in [2.05, 4.69) is 39.2 Å². The molecule has 30 heavy (non-hydrogen) atoms. The van der Waals surface area contributed by atoms with Crippen molar-refractivity contribution in [2.75, 3.05) is 0 Å². The Balaban J connectivity index is 1.85. The highest BCUT2D eigenvalue weighted by Crippen LogP contribution is 2.44. The maximum absolute atomic E-state index is 14.9. The average Bonchev–Trinajstić information content (AvgIpc) is 3.38. The van der Waals surface area contributed by atoms with E-state index in [0.29, 0.717) is 35.8 Å². The van der Waals surface area contributed by atoms with Crippen molar-refractivity contribution in [3.63, 3.8) is 0 Å². The zero-order chi connectivity index (χ0) is 22.5. The fourth-order valence-electron chi connectivity index (χ4n) is 3.29. The lowest BCUT2D eigenvalue weighted by molar-refractivity contribution is -0.150. The van der Waals surface area contributed by atoms with Gasteiger partial charge in [0.2, 0.25) is 0 Å². The summed E-state index contributed by atoms with van der Waals surface area (Å²) in [6, 6.07) is 5.54. The molecular formula is C27H37FO2. The van der Waals surface area contributed by atoms with Crippen LogP contribution in [0.25, 0.3) is 0 Å². The van der Waals surface area contributed by atoms with Gasteiger partial charge in [-0.1, -0.05) is 50.8 Å². The number of carbonyl (C=O) groups excluding carboxylic acids is 1. The van der Waals surface area contributed by atoms with Crippen molar-refractivity contribution < 1.29 is 13.9 Å². The smallest absolute Gasteiger partial charge is 0.333 e. The van der Waals surface area contributed by atoms with Gasteiger partial charge in [0.15, 0.2) is 0 Å². The van der Waals surface area contributed by atoms with Crippen LogP contribution in [0.1, 0.15) is 84.8 Å². The fraction of sp³-hybridized carbons (Fsp3) is 0.593. The maximum atomic E-state index is 14.9. The first-order chi connectivity index (χ1) is 13.9. The van der Waals surface area contributed by atoms with Crippen molar-refractivity contribution in [2.45, 2.75) is 85.7 Å². The molecule has 1 aromatic rings. The molecule has 1 aliphatic rings. The number of ether oxygens (including phenoxy) is 1. The molecule has 0 aliphatic heterocycles. The summed E-state index contributed by atoms with van der Waals surface area (Å²) in [6.45, 7) is 15.9. The van der Waals surface area contributed by atoms with Crippen molar-refractivity contribution in [2.24, 2.45) is 17.3 Å². The Bertz CT molecular complexity index is 831. The minimum atomic E-state index is -0.499. The lowest BCUT2D eigenvalue weighted by Gasteiger charge is -2.22. The van der Waals surface area contributed by atoms with Crippen LogP contribution < -0.4 is 0 Å². The summed E-state index contributed by atoms with van der Waals surface area (Å²) >= 11 is 0. The molecule has 2 atom stereocenters. The van der Waals surface area contributed by atoms with Crippen LogP contribution in [-0.2, 0) is 16.0 Å². The molecule has 0 heterocycles.